The molecule has 3 aromatic heterocycles. The van der Waals surface area contributed by atoms with Crippen LogP contribution in [0.25, 0.3) is 86.5 Å². The van der Waals surface area contributed by atoms with Gasteiger partial charge in [0.05, 0.1) is 27.4 Å². The third-order valence-corrected chi connectivity index (χ3v) is 9.75. The molecule has 0 saturated carbocycles. The van der Waals surface area contributed by atoms with Gasteiger partial charge in [-0.05, 0) is 57.3 Å². The Morgan fingerprint density at radius 2 is 1.11 bits per heavy atom. The van der Waals surface area contributed by atoms with Gasteiger partial charge in [0.15, 0.2) is 0 Å². The molecule has 0 aliphatic carbocycles. The van der Waals surface area contributed by atoms with Crippen LogP contribution in [0, 0.1) is 11.3 Å². The maximum atomic E-state index is 9.23. The van der Waals surface area contributed by atoms with Gasteiger partial charge in [0.1, 0.15) is 5.58 Å². The molecule has 3 nitrogen and oxygen atoms in total. The monoisotopic (exact) mass is 578 g/mol. The van der Waals surface area contributed by atoms with Crippen LogP contribution in [-0.2, 0) is 0 Å². The average Bonchev–Trinajstić information content (AvgIpc) is 3.66. The fourth-order valence-corrected chi connectivity index (χ4v) is 7.72. The zero-order valence-corrected chi connectivity index (χ0v) is 24.2. The zero-order valence-electron chi connectivity index (χ0n) is 23.4. The van der Waals surface area contributed by atoms with Crippen molar-refractivity contribution in [3.63, 3.8) is 0 Å². The van der Waals surface area contributed by atoms with Crippen LogP contribution in [0.1, 0.15) is 5.56 Å². The van der Waals surface area contributed by atoms with Gasteiger partial charge >= 0.3 is 0 Å². The summed E-state index contributed by atoms with van der Waals surface area (Å²) in [5, 5.41) is 16.2. The number of benzene rings is 6. The van der Waals surface area contributed by atoms with Crippen molar-refractivity contribution in [2.45, 2.75) is 0 Å². The zero-order chi connectivity index (χ0) is 29.2. The standard InChI is InChI=1S/C40H22N2OS/c41-23-24-13-15-25(16-14-24)28-21-22-29(31-8-2-1-7-30(28)31)26-17-19-27(20-18-26)38-39-36(33-10-4-6-12-35(33)44-39)37-32-9-3-5-11-34(32)43-40(37)42-38/h1-22H. The molecule has 3 heterocycles. The second-order valence-corrected chi connectivity index (χ2v) is 12.1. The Bertz CT molecular complexity index is 2600. The molecule has 9 rings (SSSR count). The molecule has 0 bridgehead atoms. The molecule has 4 heteroatoms. The number of aromatic nitrogens is 1. The molecule has 0 aliphatic rings. The van der Waals surface area contributed by atoms with E-state index >= 15 is 0 Å². The van der Waals surface area contributed by atoms with Gasteiger partial charge in [-0.1, -0.05) is 109 Å². The number of rotatable bonds is 3. The first-order valence-corrected chi connectivity index (χ1v) is 15.3. The van der Waals surface area contributed by atoms with E-state index in [9.17, 15) is 5.26 Å². The highest BCUT2D eigenvalue weighted by atomic mass is 32.1. The van der Waals surface area contributed by atoms with Crippen molar-refractivity contribution in [3.05, 3.63) is 139 Å². The highest BCUT2D eigenvalue weighted by molar-refractivity contribution is 7.26. The molecule has 0 saturated heterocycles. The van der Waals surface area contributed by atoms with E-state index in [0.717, 1.165) is 44.3 Å². The van der Waals surface area contributed by atoms with Gasteiger partial charge in [0.2, 0.25) is 5.71 Å². The van der Waals surface area contributed by atoms with Crippen molar-refractivity contribution < 1.29 is 4.42 Å². The van der Waals surface area contributed by atoms with E-state index in [1.807, 2.05) is 36.4 Å². The van der Waals surface area contributed by atoms with Crippen molar-refractivity contribution in [1.82, 2.24) is 4.98 Å². The third kappa shape index (κ3) is 3.70. The second-order valence-electron chi connectivity index (χ2n) is 11.0. The maximum absolute atomic E-state index is 9.23. The largest absolute Gasteiger partial charge is 0.438 e. The number of furan rings is 1. The number of para-hydroxylation sites is 1. The van der Waals surface area contributed by atoms with Crippen LogP contribution in [0.3, 0.4) is 0 Å². The second kappa shape index (κ2) is 9.64. The summed E-state index contributed by atoms with van der Waals surface area (Å²) in [4.78, 5) is 5.14. The molecule has 9 aromatic rings. The van der Waals surface area contributed by atoms with E-state index < -0.39 is 0 Å². The molecule has 0 atom stereocenters. The minimum atomic E-state index is 0.664. The van der Waals surface area contributed by atoms with Crippen molar-refractivity contribution in [2.24, 2.45) is 0 Å². The Hall–Kier alpha value is -5.76. The summed E-state index contributed by atoms with van der Waals surface area (Å²) < 4.78 is 8.74. The lowest BCUT2D eigenvalue weighted by molar-refractivity contribution is 0.655. The van der Waals surface area contributed by atoms with Crippen LogP contribution < -0.4 is 0 Å². The Labute approximate surface area is 256 Å². The smallest absolute Gasteiger partial charge is 0.228 e. The predicted molar refractivity (Wildman–Crippen MR) is 183 cm³/mol. The van der Waals surface area contributed by atoms with E-state index in [1.54, 1.807) is 11.3 Å². The summed E-state index contributed by atoms with van der Waals surface area (Å²) in [6, 6.07) is 48.5. The van der Waals surface area contributed by atoms with E-state index in [2.05, 4.69) is 103 Å². The Morgan fingerprint density at radius 1 is 0.545 bits per heavy atom. The van der Waals surface area contributed by atoms with Gasteiger partial charge in [-0.2, -0.15) is 5.26 Å². The van der Waals surface area contributed by atoms with Crippen LogP contribution in [-0.4, -0.2) is 4.98 Å². The molecule has 0 spiro atoms. The molecule has 44 heavy (non-hydrogen) atoms. The molecule has 0 aliphatic heterocycles. The van der Waals surface area contributed by atoms with Crippen LogP contribution in [0.5, 0.6) is 0 Å². The van der Waals surface area contributed by atoms with Gasteiger partial charge < -0.3 is 4.42 Å². The fraction of sp³-hybridized carbons (Fsp3) is 0. The van der Waals surface area contributed by atoms with Crippen molar-refractivity contribution in [3.8, 4) is 39.6 Å². The molecular weight excluding hydrogens is 557 g/mol. The molecular formula is C40H22N2OS. The number of hydrogen-bond donors (Lipinski definition) is 0. The first kappa shape index (κ1) is 24.8. The highest BCUT2D eigenvalue weighted by Gasteiger charge is 2.20. The first-order valence-electron chi connectivity index (χ1n) is 14.5. The van der Waals surface area contributed by atoms with Crippen LogP contribution >= 0.6 is 11.3 Å². The Kier molecular flexibility index (Phi) is 5.43. The molecule has 0 unspecified atom stereocenters. The average molecular weight is 579 g/mol. The number of thiophene rings is 1. The van der Waals surface area contributed by atoms with Gasteiger partial charge in [-0.3, -0.25) is 0 Å². The molecule has 0 radical (unpaired) electrons. The van der Waals surface area contributed by atoms with E-state index in [4.69, 9.17) is 9.40 Å². The Morgan fingerprint density at radius 3 is 1.80 bits per heavy atom. The molecule has 0 fully saturated rings. The number of nitrogens with zero attached hydrogens (tertiary/aromatic N) is 2. The maximum Gasteiger partial charge on any atom is 0.228 e. The Balaban J connectivity index is 1.21. The quantitative estimate of drug-likeness (QED) is 0.209. The lowest BCUT2D eigenvalue weighted by Gasteiger charge is -2.13. The lowest BCUT2D eigenvalue weighted by atomic mass is 9.91. The van der Waals surface area contributed by atoms with Gasteiger partial charge in [-0.25, -0.2) is 4.98 Å². The van der Waals surface area contributed by atoms with Crippen molar-refractivity contribution in [1.29, 1.82) is 5.26 Å². The van der Waals surface area contributed by atoms with E-state index in [-0.39, 0.29) is 0 Å². The minimum absolute atomic E-state index is 0.664. The fourth-order valence-electron chi connectivity index (χ4n) is 6.50. The molecule has 0 N–H and O–H groups in total. The minimum Gasteiger partial charge on any atom is -0.438 e. The molecule has 0 amide bonds. The number of nitriles is 1. The highest BCUT2D eigenvalue weighted by Crippen LogP contribution is 2.46. The summed E-state index contributed by atoms with van der Waals surface area (Å²) in [6.45, 7) is 0. The molecule has 204 valence electrons. The molecule has 6 aromatic carbocycles. The van der Waals surface area contributed by atoms with Gasteiger partial charge in [-0.15, -0.1) is 11.3 Å². The van der Waals surface area contributed by atoms with Crippen LogP contribution in [0.2, 0.25) is 0 Å². The van der Waals surface area contributed by atoms with Crippen LogP contribution in [0.4, 0.5) is 0 Å². The summed E-state index contributed by atoms with van der Waals surface area (Å²) in [5.74, 6) is 0. The number of fused-ring (bicyclic) bond motifs is 8. The SMILES string of the molecule is N#Cc1ccc(-c2ccc(-c3ccc(-c4nc5oc6ccccc6c5c5c4sc4ccccc45)cc3)c3ccccc23)cc1. The number of pyridine rings is 1. The van der Waals surface area contributed by atoms with Gasteiger partial charge in [0, 0.05) is 26.4 Å². The normalized spacial score (nSPS) is 11.6. The summed E-state index contributed by atoms with van der Waals surface area (Å²) in [5.41, 5.74) is 8.78. The first-order chi connectivity index (χ1) is 21.8. The van der Waals surface area contributed by atoms with Gasteiger partial charge in [0.25, 0.3) is 0 Å². The number of hydrogen-bond acceptors (Lipinski definition) is 4. The summed E-state index contributed by atoms with van der Waals surface area (Å²) in [6.07, 6.45) is 0. The van der Waals surface area contributed by atoms with Crippen LogP contribution in [0.15, 0.2) is 138 Å². The van der Waals surface area contributed by atoms with Crippen molar-refractivity contribution >= 4 is 64.4 Å². The third-order valence-electron chi connectivity index (χ3n) is 8.57. The van der Waals surface area contributed by atoms with E-state index in [0.29, 0.717) is 11.3 Å². The van der Waals surface area contributed by atoms with E-state index in [1.165, 1.54) is 36.5 Å². The lowest BCUT2D eigenvalue weighted by Crippen LogP contribution is -1.88. The summed E-state index contributed by atoms with van der Waals surface area (Å²) >= 11 is 1.79. The van der Waals surface area contributed by atoms with Crippen molar-refractivity contribution in [2.75, 3.05) is 0 Å². The predicted octanol–water partition coefficient (Wildman–Crippen LogP) is 11.4. The summed E-state index contributed by atoms with van der Waals surface area (Å²) in [7, 11) is 0. The topological polar surface area (TPSA) is 49.8 Å².